The van der Waals surface area contributed by atoms with Gasteiger partial charge in [0.15, 0.2) is 0 Å². The Balaban J connectivity index is 0. The zero-order chi connectivity index (χ0) is 16.9. The second-order valence-corrected chi connectivity index (χ2v) is 6.04. The maximum Gasteiger partial charge on any atom is 0.370 e. The van der Waals surface area contributed by atoms with Crippen LogP contribution in [0.2, 0.25) is 0 Å². The van der Waals surface area contributed by atoms with Crippen LogP contribution >= 0.6 is 7.60 Å². The predicted molar refractivity (Wildman–Crippen MR) is 76.5 cm³/mol. The van der Waals surface area contributed by atoms with Crippen molar-refractivity contribution >= 4 is 13.6 Å². The zero-order valence-electron chi connectivity index (χ0n) is 11.8. The van der Waals surface area contributed by atoms with Crippen molar-refractivity contribution in [1.29, 1.82) is 0 Å². The molecule has 0 radical (unpaired) electrons. The van der Waals surface area contributed by atoms with Gasteiger partial charge in [0.1, 0.15) is 0 Å². The molecule has 0 fully saturated rings. The molecule has 0 amide bonds. The summed E-state index contributed by atoms with van der Waals surface area (Å²) in [5.41, 5.74) is 10.6. The summed E-state index contributed by atoms with van der Waals surface area (Å²) in [6, 6.07) is 0. The van der Waals surface area contributed by atoms with E-state index < -0.39 is 25.5 Å². The van der Waals surface area contributed by atoms with Crippen LogP contribution in [0.4, 0.5) is 0 Å². The van der Waals surface area contributed by atoms with E-state index in [9.17, 15) is 9.36 Å². The van der Waals surface area contributed by atoms with Gasteiger partial charge in [-0.25, -0.2) is 4.79 Å². The maximum absolute atomic E-state index is 10.2. The fourth-order valence-corrected chi connectivity index (χ4v) is 1.46. The highest BCUT2D eigenvalue weighted by molar-refractivity contribution is 7.54. The first-order chi connectivity index (χ1) is 9.67. The summed E-state index contributed by atoms with van der Waals surface area (Å²) < 4.78 is 10.2. The molecule has 0 aromatic heterocycles. The highest BCUT2D eigenvalue weighted by atomic mass is 31.2. The Labute approximate surface area is 123 Å². The molecule has 1 atom stereocenters. The standard InChI is InChI=1S/C7H19N3.C3H7O7P/c8-4-1-2-6-10-7-3-5-9;4-1-3(7,2(5)6)11(8,9)10/h10H,1-9H2;4,7H,1H2,(H,5,6)(H2,8,9,10). The van der Waals surface area contributed by atoms with Gasteiger partial charge in [0.05, 0.1) is 6.61 Å². The lowest BCUT2D eigenvalue weighted by molar-refractivity contribution is -0.154. The van der Waals surface area contributed by atoms with Gasteiger partial charge in [0.2, 0.25) is 0 Å². The van der Waals surface area contributed by atoms with Crippen LogP contribution in [0.25, 0.3) is 0 Å². The summed E-state index contributed by atoms with van der Waals surface area (Å²) in [7, 11) is -5.24. The van der Waals surface area contributed by atoms with Crippen molar-refractivity contribution < 1.29 is 34.5 Å². The lowest BCUT2D eigenvalue weighted by Gasteiger charge is -2.20. The summed E-state index contributed by atoms with van der Waals surface area (Å²) in [6.07, 6.45) is 3.37. The molecule has 21 heavy (non-hydrogen) atoms. The molecule has 10 nitrogen and oxygen atoms in total. The third-order valence-corrected chi connectivity index (χ3v) is 3.71. The fourth-order valence-electron chi connectivity index (χ4n) is 1.03. The second-order valence-electron chi connectivity index (χ2n) is 4.21. The average molecular weight is 331 g/mol. The van der Waals surface area contributed by atoms with E-state index in [1.54, 1.807) is 0 Å². The van der Waals surface area contributed by atoms with E-state index in [0.29, 0.717) is 0 Å². The summed E-state index contributed by atoms with van der Waals surface area (Å²) in [4.78, 5) is 26.5. The van der Waals surface area contributed by atoms with Crippen LogP contribution in [0.15, 0.2) is 0 Å². The van der Waals surface area contributed by atoms with Crippen molar-refractivity contribution in [2.75, 3.05) is 32.8 Å². The molecule has 0 bridgehead atoms. The number of carbonyl (C=O) groups is 1. The minimum Gasteiger partial charge on any atom is -0.479 e. The number of unbranched alkanes of at least 4 members (excludes halogenated alkanes) is 1. The summed E-state index contributed by atoms with van der Waals surface area (Å²) >= 11 is 0. The Morgan fingerprint density at radius 3 is 1.86 bits per heavy atom. The number of rotatable bonds is 10. The van der Waals surface area contributed by atoms with E-state index in [1.165, 1.54) is 6.42 Å². The quantitative estimate of drug-likeness (QED) is 0.157. The van der Waals surface area contributed by atoms with Crippen molar-refractivity contribution in [2.24, 2.45) is 11.5 Å². The van der Waals surface area contributed by atoms with Crippen molar-refractivity contribution in [2.45, 2.75) is 24.6 Å². The average Bonchev–Trinajstić information content (AvgIpc) is 2.41. The highest BCUT2D eigenvalue weighted by Gasteiger charge is 2.52. The van der Waals surface area contributed by atoms with Crippen molar-refractivity contribution in [3.05, 3.63) is 0 Å². The van der Waals surface area contributed by atoms with Gasteiger partial charge >= 0.3 is 13.6 Å². The molecule has 0 spiro atoms. The molecular weight excluding hydrogens is 305 g/mol. The van der Waals surface area contributed by atoms with E-state index in [0.717, 1.165) is 39.0 Å². The number of hydrogen-bond donors (Lipinski definition) is 8. The highest BCUT2D eigenvalue weighted by Crippen LogP contribution is 2.48. The maximum atomic E-state index is 10.2. The fraction of sp³-hybridized carbons (Fsp3) is 0.900. The topological polar surface area (TPSA) is 199 Å². The van der Waals surface area contributed by atoms with Crippen LogP contribution < -0.4 is 16.8 Å². The minimum atomic E-state index is -5.24. The zero-order valence-corrected chi connectivity index (χ0v) is 12.7. The molecule has 128 valence electrons. The van der Waals surface area contributed by atoms with Gasteiger partial charge < -0.3 is 41.9 Å². The first-order valence-electron chi connectivity index (χ1n) is 6.40. The molecule has 11 heteroatoms. The molecular formula is C10H26N3O7P. The van der Waals surface area contributed by atoms with E-state index in [-0.39, 0.29) is 0 Å². The number of hydrogen-bond acceptors (Lipinski definition) is 7. The summed E-state index contributed by atoms with van der Waals surface area (Å²) in [5.74, 6) is -2.16. The second kappa shape index (κ2) is 12.0. The van der Waals surface area contributed by atoms with Gasteiger partial charge in [-0.3, -0.25) is 4.57 Å². The Hall–Kier alpha value is -0.580. The SMILES string of the molecule is NCCCCNCCCN.O=C(O)C(O)(CO)P(=O)(O)O. The van der Waals surface area contributed by atoms with Gasteiger partial charge in [0, 0.05) is 0 Å². The summed E-state index contributed by atoms with van der Waals surface area (Å²) in [5, 5.41) is 24.8. The largest absolute Gasteiger partial charge is 0.479 e. The molecule has 0 heterocycles. The molecule has 0 saturated carbocycles. The Morgan fingerprint density at radius 1 is 1.10 bits per heavy atom. The molecule has 0 aromatic carbocycles. The number of nitrogens with two attached hydrogens (primary N) is 2. The van der Waals surface area contributed by atoms with E-state index in [4.69, 9.17) is 36.6 Å². The molecule has 0 aliphatic carbocycles. The van der Waals surface area contributed by atoms with Crippen LogP contribution in [-0.4, -0.2) is 69.2 Å². The van der Waals surface area contributed by atoms with Crippen LogP contribution in [0, 0.1) is 0 Å². The summed E-state index contributed by atoms with van der Waals surface area (Å²) in [6.45, 7) is 2.17. The Bertz CT molecular complexity index is 318. The Morgan fingerprint density at radius 2 is 1.57 bits per heavy atom. The normalized spacial score (nSPS) is 14.0. The molecule has 0 aromatic rings. The van der Waals surface area contributed by atoms with Gasteiger partial charge in [-0.15, -0.1) is 0 Å². The minimum absolute atomic E-state index is 0.782. The number of aliphatic carboxylic acids is 1. The van der Waals surface area contributed by atoms with E-state index in [1.807, 2.05) is 0 Å². The van der Waals surface area contributed by atoms with Gasteiger partial charge in [-0.1, -0.05) is 0 Å². The third-order valence-electron chi connectivity index (χ3n) is 2.41. The van der Waals surface area contributed by atoms with Crippen LogP contribution in [-0.2, 0) is 9.36 Å². The molecule has 1 unspecified atom stereocenters. The number of aliphatic hydroxyl groups excluding tert-OH is 1. The number of nitrogens with one attached hydrogen (secondary N) is 1. The first-order valence-corrected chi connectivity index (χ1v) is 8.01. The molecule has 0 rings (SSSR count). The first kappa shape index (κ1) is 22.7. The van der Waals surface area contributed by atoms with Gasteiger partial charge in [-0.2, -0.15) is 0 Å². The van der Waals surface area contributed by atoms with Gasteiger partial charge in [0.25, 0.3) is 5.34 Å². The van der Waals surface area contributed by atoms with Crippen molar-refractivity contribution in [3.63, 3.8) is 0 Å². The molecule has 10 N–H and O–H groups in total. The lowest BCUT2D eigenvalue weighted by atomic mass is 10.3. The lowest BCUT2D eigenvalue weighted by Crippen LogP contribution is -2.41. The number of carboxylic acid groups (broad SMARTS) is 1. The van der Waals surface area contributed by atoms with Crippen molar-refractivity contribution in [1.82, 2.24) is 5.32 Å². The number of aliphatic hydroxyl groups is 2. The van der Waals surface area contributed by atoms with E-state index in [2.05, 4.69) is 5.32 Å². The van der Waals surface area contributed by atoms with E-state index >= 15 is 0 Å². The smallest absolute Gasteiger partial charge is 0.370 e. The Kier molecular flexibility index (Phi) is 13.0. The number of carboxylic acids is 1. The predicted octanol–water partition coefficient (Wildman–Crippen LogP) is -2.41. The van der Waals surface area contributed by atoms with Crippen LogP contribution in [0.1, 0.15) is 19.3 Å². The third kappa shape index (κ3) is 9.88. The monoisotopic (exact) mass is 331 g/mol. The van der Waals surface area contributed by atoms with Gasteiger partial charge in [-0.05, 0) is 45.4 Å². The van der Waals surface area contributed by atoms with Crippen LogP contribution in [0.3, 0.4) is 0 Å². The molecule has 0 saturated heterocycles. The van der Waals surface area contributed by atoms with Crippen molar-refractivity contribution in [3.8, 4) is 0 Å². The molecule has 0 aliphatic heterocycles. The van der Waals surface area contributed by atoms with Crippen LogP contribution in [0.5, 0.6) is 0 Å². The molecule has 0 aliphatic rings.